The van der Waals surface area contributed by atoms with Gasteiger partial charge in [-0.25, -0.2) is 5.43 Å². The second-order valence-electron chi connectivity index (χ2n) is 4.85. The van der Waals surface area contributed by atoms with E-state index in [0.29, 0.717) is 0 Å². The van der Waals surface area contributed by atoms with E-state index >= 15 is 0 Å². The number of amides is 1. The van der Waals surface area contributed by atoms with Gasteiger partial charge in [0.05, 0.1) is 12.5 Å². The average molecular weight is 248 g/mol. The summed E-state index contributed by atoms with van der Waals surface area (Å²) in [5.41, 5.74) is 8.45. The van der Waals surface area contributed by atoms with Crippen molar-refractivity contribution in [3.8, 4) is 5.75 Å². The smallest absolute Gasteiger partial charge is 0.244 e. The summed E-state index contributed by atoms with van der Waals surface area (Å²) < 4.78 is 5.31. The third-order valence-corrected chi connectivity index (χ3v) is 3.90. The molecule has 98 valence electrons. The van der Waals surface area contributed by atoms with Crippen LogP contribution < -0.4 is 15.6 Å². The van der Waals surface area contributed by atoms with Gasteiger partial charge in [0.15, 0.2) is 0 Å². The van der Waals surface area contributed by atoms with E-state index in [1.54, 1.807) is 14.2 Å². The zero-order chi connectivity index (χ0) is 13.3. The molecule has 1 fully saturated rings. The molecule has 2 N–H and O–H groups in total. The highest BCUT2D eigenvalue weighted by Crippen LogP contribution is 2.50. The Hall–Kier alpha value is -1.55. The Morgan fingerprint density at radius 2 is 1.94 bits per heavy atom. The zero-order valence-electron chi connectivity index (χ0n) is 11.4. The molecule has 0 aromatic heterocycles. The van der Waals surface area contributed by atoms with Gasteiger partial charge in [-0.3, -0.25) is 10.2 Å². The molecule has 0 aliphatic heterocycles. The molecule has 1 aliphatic carbocycles. The van der Waals surface area contributed by atoms with Crippen LogP contribution in [0.5, 0.6) is 5.75 Å². The molecule has 0 bridgehead atoms. The van der Waals surface area contributed by atoms with Crippen LogP contribution in [0, 0.1) is 13.8 Å². The number of hydrogen-bond donors (Lipinski definition) is 2. The molecular weight excluding hydrogens is 228 g/mol. The molecule has 0 radical (unpaired) electrons. The molecule has 4 nitrogen and oxygen atoms in total. The Morgan fingerprint density at radius 3 is 2.44 bits per heavy atom. The highest BCUT2D eigenvalue weighted by molar-refractivity contribution is 5.91. The van der Waals surface area contributed by atoms with Crippen molar-refractivity contribution in [3.63, 3.8) is 0 Å². The fraction of sp³-hybridized carbons (Fsp3) is 0.500. The Balaban J connectivity index is 2.40. The van der Waals surface area contributed by atoms with Crippen molar-refractivity contribution in [1.29, 1.82) is 0 Å². The van der Waals surface area contributed by atoms with Gasteiger partial charge in [-0.05, 0) is 49.4 Å². The summed E-state index contributed by atoms with van der Waals surface area (Å²) >= 11 is 0. The molecule has 0 heterocycles. The summed E-state index contributed by atoms with van der Waals surface area (Å²) in [6, 6.07) is 3.97. The summed E-state index contributed by atoms with van der Waals surface area (Å²) in [7, 11) is 3.38. The van der Waals surface area contributed by atoms with Crippen LogP contribution in [0.25, 0.3) is 0 Å². The minimum atomic E-state index is -0.343. The molecule has 1 amide bonds. The van der Waals surface area contributed by atoms with Gasteiger partial charge in [0, 0.05) is 7.05 Å². The van der Waals surface area contributed by atoms with Gasteiger partial charge < -0.3 is 4.74 Å². The highest BCUT2D eigenvalue weighted by Gasteiger charge is 2.52. The van der Waals surface area contributed by atoms with E-state index in [0.717, 1.165) is 35.3 Å². The summed E-state index contributed by atoms with van der Waals surface area (Å²) in [6.45, 7) is 4.09. The lowest BCUT2D eigenvalue weighted by molar-refractivity contribution is -0.124. The predicted molar refractivity (Wildman–Crippen MR) is 70.6 cm³/mol. The Bertz CT molecular complexity index is 479. The molecule has 0 unspecified atom stereocenters. The molecule has 0 spiro atoms. The fourth-order valence-electron chi connectivity index (χ4n) is 2.51. The molecule has 1 saturated carbocycles. The molecule has 18 heavy (non-hydrogen) atoms. The Morgan fingerprint density at radius 1 is 1.28 bits per heavy atom. The summed E-state index contributed by atoms with van der Waals surface area (Å²) in [5.74, 6) is 0.929. The lowest BCUT2D eigenvalue weighted by atomic mass is 9.88. The molecule has 1 aromatic carbocycles. The first-order chi connectivity index (χ1) is 8.56. The van der Waals surface area contributed by atoms with Gasteiger partial charge in [-0.2, -0.15) is 0 Å². The van der Waals surface area contributed by atoms with Crippen LogP contribution in [0.2, 0.25) is 0 Å². The maximum Gasteiger partial charge on any atom is 0.244 e. The number of benzene rings is 1. The first kappa shape index (κ1) is 12.9. The van der Waals surface area contributed by atoms with Gasteiger partial charge in [0.25, 0.3) is 0 Å². The molecular formula is C14H20N2O2. The molecule has 4 heteroatoms. The number of hydrazine groups is 1. The second-order valence-corrected chi connectivity index (χ2v) is 4.85. The first-order valence-corrected chi connectivity index (χ1v) is 6.18. The van der Waals surface area contributed by atoms with Crippen molar-refractivity contribution in [1.82, 2.24) is 10.9 Å². The van der Waals surface area contributed by atoms with Crippen LogP contribution >= 0.6 is 0 Å². The van der Waals surface area contributed by atoms with Crippen LogP contribution in [0.15, 0.2) is 12.1 Å². The van der Waals surface area contributed by atoms with Crippen molar-refractivity contribution < 1.29 is 9.53 Å². The van der Waals surface area contributed by atoms with E-state index in [4.69, 9.17) is 4.74 Å². The van der Waals surface area contributed by atoms with Crippen molar-refractivity contribution in [2.75, 3.05) is 14.2 Å². The predicted octanol–water partition coefficient (Wildman–Crippen LogP) is 1.59. The number of rotatable bonds is 4. The molecule has 2 rings (SSSR count). The lowest BCUT2D eigenvalue weighted by Crippen LogP contribution is -2.42. The maximum absolute atomic E-state index is 12.1. The van der Waals surface area contributed by atoms with Crippen LogP contribution in [-0.4, -0.2) is 20.1 Å². The van der Waals surface area contributed by atoms with E-state index in [9.17, 15) is 4.79 Å². The topological polar surface area (TPSA) is 50.4 Å². The number of ether oxygens (including phenoxy) is 1. The largest absolute Gasteiger partial charge is 0.496 e. The molecule has 0 saturated heterocycles. The normalized spacial score (nSPS) is 16.2. The quantitative estimate of drug-likeness (QED) is 0.796. The average Bonchev–Trinajstić information content (AvgIpc) is 3.14. The maximum atomic E-state index is 12.1. The Labute approximate surface area is 108 Å². The van der Waals surface area contributed by atoms with Gasteiger partial charge in [0.2, 0.25) is 5.91 Å². The molecule has 1 aromatic rings. The highest BCUT2D eigenvalue weighted by atomic mass is 16.5. The minimum absolute atomic E-state index is 0.0534. The zero-order valence-corrected chi connectivity index (χ0v) is 11.4. The van der Waals surface area contributed by atoms with Crippen LogP contribution in [0.1, 0.15) is 29.5 Å². The Kier molecular flexibility index (Phi) is 3.30. The van der Waals surface area contributed by atoms with E-state index in [2.05, 4.69) is 17.8 Å². The van der Waals surface area contributed by atoms with Crippen LogP contribution in [-0.2, 0) is 10.2 Å². The minimum Gasteiger partial charge on any atom is -0.496 e. The molecule has 1 aliphatic rings. The van der Waals surface area contributed by atoms with Gasteiger partial charge in [-0.15, -0.1) is 0 Å². The number of carbonyl (C=O) groups is 1. The van der Waals surface area contributed by atoms with Gasteiger partial charge in [0.1, 0.15) is 5.75 Å². The number of carbonyl (C=O) groups excluding carboxylic acids is 1. The second kappa shape index (κ2) is 4.61. The van der Waals surface area contributed by atoms with E-state index < -0.39 is 0 Å². The van der Waals surface area contributed by atoms with E-state index in [1.807, 2.05) is 19.1 Å². The fourth-order valence-corrected chi connectivity index (χ4v) is 2.51. The van der Waals surface area contributed by atoms with Crippen molar-refractivity contribution in [2.45, 2.75) is 32.1 Å². The van der Waals surface area contributed by atoms with Gasteiger partial charge in [-0.1, -0.05) is 6.07 Å². The number of nitrogens with one attached hydrogen (secondary N) is 2. The van der Waals surface area contributed by atoms with E-state index in [1.165, 1.54) is 0 Å². The van der Waals surface area contributed by atoms with E-state index in [-0.39, 0.29) is 11.3 Å². The lowest BCUT2D eigenvalue weighted by Gasteiger charge is -2.20. The van der Waals surface area contributed by atoms with Crippen molar-refractivity contribution >= 4 is 5.91 Å². The summed E-state index contributed by atoms with van der Waals surface area (Å²) in [4.78, 5) is 12.1. The van der Waals surface area contributed by atoms with Gasteiger partial charge >= 0.3 is 0 Å². The van der Waals surface area contributed by atoms with Crippen molar-refractivity contribution in [2.24, 2.45) is 0 Å². The third kappa shape index (κ3) is 1.86. The first-order valence-electron chi connectivity index (χ1n) is 6.18. The van der Waals surface area contributed by atoms with Crippen LogP contribution in [0.3, 0.4) is 0 Å². The standard InChI is InChI=1S/C14H20N2O2/c1-9-10(2)12(18-4)6-5-11(9)14(7-8-14)13(17)16-15-3/h5-6,15H,7-8H2,1-4H3,(H,16,17). The molecule has 0 atom stereocenters. The van der Waals surface area contributed by atoms with Crippen molar-refractivity contribution in [3.05, 3.63) is 28.8 Å². The third-order valence-electron chi connectivity index (χ3n) is 3.90. The summed E-state index contributed by atoms with van der Waals surface area (Å²) in [5, 5.41) is 0. The van der Waals surface area contributed by atoms with Crippen LogP contribution in [0.4, 0.5) is 0 Å². The number of methoxy groups -OCH3 is 1. The summed E-state index contributed by atoms with van der Waals surface area (Å²) in [6.07, 6.45) is 1.82. The monoisotopic (exact) mass is 248 g/mol. The number of hydrogen-bond acceptors (Lipinski definition) is 3. The SMILES string of the molecule is CNNC(=O)C1(c2ccc(OC)c(C)c2C)CC1.